The summed E-state index contributed by atoms with van der Waals surface area (Å²) in [7, 11) is 0. The fourth-order valence-corrected chi connectivity index (χ4v) is 3.85. The van der Waals surface area contributed by atoms with Crippen molar-refractivity contribution in [3.8, 4) is 10.9 Å². The van der Waals surface area contributed by atoms with Crippen molar-refractivity contribution in [2.75, 3.05) is 13.1 Å². The maximum atomic E-state index is 12.7. The zero-order valence-corrected chi connectivity index (χ0v) is 14.9. The summed E-state index contributed by atoms with van der Waals surface area (Å²) in [6, 6.07) is 15.2. The zero-order chi connectivity index (χ0) is 18.2. The summed E-state index contributed by atoms with van der Waals surface area (Å²) < 4.78 is 8.53. The number of thiazole rings is 1. The SMILES string of the molecule is O=C(c1cccc(-n2cnnn2)c1)N1CC(Oc2nc3ccccc3s2)C1. The average Bonchev–Trinajstić information content (AvgIpc) is 3.33. The van der Waals surface area contributed by atoms with Crippen LogP contribution in [0, 0.1) is 0 Å². The Bertz CT molecular complexity index is 1070. The van der Waals surface area contributed by atoms with E-state index in [2.05, 4.69) is 20.5 Å². The van der Waals surface area contributed by atoms with Crippen LogP contribution in [0.3, 0.4) is 0 Å². The first-order valence-corrected chi connectivity index (χ1v) is 9.23. The summed E-state index contributed by atoms with van der Waals surface area (Å²) in [4.78, 5) is 18.9. The van der Waals surface area contributed by atoms with E-state index in [0.29, 0.717) is 23.8 Å². The number of hydrogen-bond donors (Lipinski definition) is 0. The molecule has 0 saturated carbocycles. The number of aromatic nitrogens is 5. The van der Waals surface area contributed by atoms with Crippen LogP contribution in [0.4, 0.5) is 0 Å². The highest BCUT2D eigenvalue weighted by Crippen LogP contribution is 2.29. The van der Waals surface area contributed by atoms with Crippen molar-refractivity contribution in [3.63, 3.8) is 0 Å². The van der Waals surface area contributed by atoms with Crippen molar-refractivity contribution in [3.05, 3.63) is 60.4 Å². The van der Waals surface area contributed by atoms with Crippen LogP contribution < -0.4 is 4.74 Å². The Hall–Kier alpha value is -3.33. The number of nitrogens with zero attached hydrogens (tertiary/aromatic N) is 6. The molecule has 134 valence electrons. The molecule has 0 radical (unpaired) electrons. The van der Waals surface area contributed by atoms with E-state index in [4.69, 9.17) is 4.74 Å². The van der Waals surface area contributed by atoms with Crippen LogP contribution >= 0.6 is 11.3 Å². The van der Waals surface area contributed by atoms with E-state index >= 15 is 0 Å². The van der Waals surface area contributed by atoms with E-state index in [-0.39, 0.29) is 12.0 Å². The Balaban J connectivity index is 1.24. The molecule has 1 amide bonds. The van der Waals surface area contributed by atoms with Gasteiger partial charge in [-0.15, -0.1) is 5.10 Å². The molecule has 9 heteroatoms. The van der Waals surface area contributed by atoms with E-state index in [1.807, 2.05) is 36.4 Å². The van der Waals surface area contributed by atoms with Gasteiger partial charge in [-0.25, -0.2) is 9.67 Å². The van der Waals surface area contributed by atoms with Gasteiger partial charge in [-0.2, -0.15) is 0 Å². The third kappa shape index (κ3) is 3.02. The van der Waals surface area contributed by atoms with Gasteiger partial charge in [-0.1, -0.05) is 29.5 Å². The number of carbonyl (C=O) groups is 1. The highest BCUT2D eigenvalue weighted by molar-refractivity contribution is 7.20. The lowest BCUT2D eigenvalue weighted by molar-refractivity contribution is 0.0178. The molecule has 1 aliphatic rings. The Labute approximate surface area is 158 Å². The second-order valence-electron chi connectivity index (χ2n) is 6.20. The summed E-state index contributed by atoms with van der Waals surface area (Å²) in [6.45, 7) is 1.09. The molecule has 2 aromatic heterocycles. The van der Waals surface area contributed by atoms with Gasteiger partial charge >= 0.3 is 0 Å². The fraction of sp³-hybridized carbons (Fsp3) is 0.167. The van der Waals surface area contributed by atoms with Crippen LogP contribution in [-0.2, 0) is 0 Å². The van der Waals surface area contributed by atoms with Crippen LogP contribution in [-0.4, -0.2) is 55.2 Å². The summed E-state index contributed by atoms with van der Waals surface area (Å²) in [6.07, 6.45) is 1.46. The first-order valence-electron chi connectivity index (χ1n) is 8.41. The summed E-state index contributed by atoms with van der Waals surface area (Å²) >= 11 is 1.52. The fourth-order valence-electron chi connectivity index (χ4n) is 2.97. The normalized spacial score (nSPS) is 14.3. The first kappa shape index (κ1) is 15.9. The molecule has 4 aromatic rings. The first-order chi connectivity index (χ1) is 13.3. The van der Waals surface area contributed by atoms with E-state index in [9.17, 15) is 4.79 Å². The van der Waals surface area contributed by atoms with Gasteiger partial charge < -0.3 is 9.64 Å². The summed E-state index contributed by atoms with van der Waals surface area (Å²) in [5, 5.41) is 11.7. The molecule has 2 aromatic carbocycles. The smallest absolute Gasteiger partial charge is 0.274 e. The molecule has 0 spiro atoms. The highest BCUT2D eigenvalue weighted by atomic mass is 32.1. The number of carbonyl (C=O) groups excluding carboxylic acids is 1. The number of benzene rings is 2. The van der Waals surface area contributed by atoms with Gasteiger partial charge in [0.2, 0.25) is 0 Å². The maximum Gasteiger partial charge on any atom is 0.274 e. The standard InChI is InChI=1S/C18H14N6O2S/c25-17(12-4-3-5-13(8-12)24-11-19-21-22-24)23-9-14(10-23)26-18-20-15-6-1-2-7-16(15)27-18/h1-8,11,14H,9-10H2. The second-order valence-corrected chi connectivity index (χ2v) is 7.20. The topological polar surface area (TPSA) is 86.0 Å². The van der Waals surface area contributed by atoms with Crippen LogP contribution in [0.25, 0.3) is 15.9 Å². The van der Waals surface area contributed by atoms with Crippen LogP contribution in [0.5, 0.6) is 5.19 Å². The van der Waals surface area contributed by atoms with Crippen molar-refractivity contribution in [1.82, 2.24) is 30.1 Å². The molecule has 3 heterocycles. The highest BCUT2D eigenvalue weighted by Gasteiger charge is 2.33. The molecule has 1 saturated heterocycles. The van der Waals surface area contributed by atoms with E-state index in [1.165, 1.54) is 22.3 Å². The van der Waals surface area contributed by atoms with E-state index < -0.39 is 0 Å². The van der Waals surface area contributed by atoms with Gasteiger partial charge in [-0.05, 0) is 40.8 Å². The molecule has 0 aliphatic carbocycles. The number of para-hydroxylation sites is 1. The third-order valence-corrected chi connectivity index (χ3v) is 5.31. The van der Waals surface area contributed by atoms with Crippen LogP contribution in [0.15, 0.2) is 54.9 Å². The molecule has 8 nitrogen and oxygen atoms in total. The van der Waals surface area contributed by atoms with Crippen molar-refractivity contribution < 1.29 is 9.53 Å². The average molecular weight is 378 g/mol. The minimum atomic E-state index is -0.0333. The Morgan fingerprint density at radius 1 is 1.15 bits per heavy atom. The number of tetrazole rings is 1. The number of hydrogen-bond acceptors (Lipinski definition) is 7. The maximum absolute atomic E-state index is 12.7. The number of amides is 1. The summed E-state index contributed by atoms with van der Waals surface area (Å²) in [5.41, 5.74) is 2.28. The number of ether oxygens (including phenoxy) is 1. The Morgan fingerprint density at radius 2 is 2.04 bits per heavy atom. The lowest BCUT2D eigenvalue weighted by Gasteiger charge is -2.38. The lowest BCUT2D eigenvalue weighted by atomic mass is 10.1. The molecular formula is C18H14N6O2S. The second kappa shape index (κ2) is 6.44. The van der Waals surface area contributed by atoms with Gasteiger partial charge in [0.25, 0.3) is 11.1 Å². The van der Waals surface area contributed by atoms with Gasteiger partial charge in [-0.3, -0.25) is 4.79 Å². The van der Waals surface area contributed by atoms with Gasteiger partial charge in [0.15, 0.2) is 0 Å². The molecule has 0 N–H and O–H groups in total. The van der Waals surface area contributed by atoms with Gasteiger partial charge in [0.1, 0.15) is 12.4 Å². The molecule has 0 bridgehead atoms. The van der Waals surface area contributed by atoms with Gasteiger partial charge in [0, 0.05) is 5.56 Å². The Kier molecular flexibility index (Phi) is 3.79. The van der Waals surface area contributed by atoms with Crippen LogP contribution in [0.1, 0.15) is 10.4 Å². The van der Waals surface area contributed by atoms with Crippen molar-refractivity contribution in [1.29, 1.82) is 0 Å². The minimum Gasteiger partial charge on any atom is -0.463 e. The molecule has 1 fully saturated rings. The lowest BCUT2D eigenvalue weighted by Crippen LogP contribution is -2.56. The molecule has 1 aliphatic heterocycles. The minimum absolute atomic E-state index is 0.0304. The van der Waals surface area contributed by atoms with E-state index in [0.717, 1.165) is 15.9 Å². The quantitative estimate of drug-likeness (QED) is 0.541. The van der Waals surface area contributed by atoms with E-state index in [1.54, 1.807) is 17.0 Å². The molecule has 0 unspecified atom stereocenters. The molecular weight excluding hydrogens is 364 g/mol. The number of rotatable bonds is 4. The number of fused-ring (bicyclic) bond motifs is 1. The Morgan fingerprint density at radius 3 is 2.85 bits per heavy atom. The van der Waals surface area contributed by atoms with Crippen molar-refractivity contribution >= 4 is 27.5 Å². The zero-order valence-electron chi connectivity index (χ0n) is 14.1. The molecule has 27 heavy (non-hydrogen) atoms. The van der Waals surface area contributed by atoms with Crippen molar-refractivity contribution in [2.24, 2.45) is 0 Å². The predicted molar refractivity (Wildman–Crippen MR) is 99.1 cm³/mol. The molecule has 0 atom stereocenters. The number of likely N-dealkylation sites (tertiary alicyclic amines) is 1. The summed E-state index contributed by atoms with van der Waals surface area (Å²) in [5.74, 6) is -0.0333. The third-order valence-electron chi connectivity index (χ3n) is 4.38. The molecule has 5 rings (SSSR count). The predicted octanol–water partition coefficient (Wildman–Crippen LogP) is 2.18. The largest absolute Gasteiger partial charge is 0.463 e. The van der Waals surface area contributed by atoms with Crippen molar-refractivity contribution in [2.45, 2.75) is 6.10 Å². The van der Waals surface area contributed by atoms with Gasteiger partial charge in [0.05, 0.1) is 29.0 Å². The monoisotopic (exact) mass is 378 g/mol. The van der Waals surface area contributed by atoms with Crippen LogP contribution in [0.2, 0.25) is 0 Å².